The van der Waals surface area contributed by atoms with Crippen LogP contribution in [0.3, 0.4) is 0 Å². The molecule has 0 aliphatic rings. The molecule has 0 saturated carbocycles. The van der Waals surface area contributed by atoms with Gasteiger partial charge in [0.05, 0.1) is 13.3 Å². The predicted octanol–water partition coefficient (Wildman–Crippen LogP) is -0.320. The Morgan fingerprint density at radius 2 is 1.71 bits per heavy atom. The highest BCUT2D eigenvalue weighted by Gasteiger charge is 1.93. The molecule has 1 rings (SSSR count). The highest BCUT2D eigenvalue weighted by atomic mass is 32.3. The zero-order valence-corrected chi connectivity index (χ0v) is 11.9. The number of rotatable bonds is 5. The van der Waals surface area contributed by atoms with Gasteiger partial charge in [0.2, 0.25) is 5.96 Å². The highest BCUT2D eigenvalue weighted by molar-refractivity contribution is 7.79. The van der Waals surface area contributed by atoms with Crippen molar-refractivity contribution in [3.8, 4) is 11.5 Å². The summed E-state index contributed by atoms with van der Waals surface area (Å²) in [6.45, 7) is 0.295. The zero-order chi connectivity index (χ0) is 16.3. The van der Waals surface area contributed by atoms with Gasteiger partial charge in [0.25, 0.3) is 0 Å². The molecule has 0 aliphatic carbocycles. The quantitative estimate of drug-likeness (QED) is 0.247. The van der Waals surface area contributed by atoms with Crippen LogP contribution in [0, 0.1) is 0 Å². The van der Waals surface area contributed by atoms with E-state index in [2.05, 4.69) is 10.2 Å². The lowest BCUT2D eigenvalue weighted by atomic mass is 10.3. The molecule has 0 aliphatic heterocycles. The Bertz CT molecular complexity index is 558. The Balaban J connectivity index is 0.000000690. The Morgan fingerprint density at radius 1 is 1.24 bits per heavy atom. The highest BCUT2D eigenvalue weighted by Crippen LogP contribution is 2.16. The van der Waals surface area contributed by atoms with E-state index in [1.807, 2.05) is 12.1 Å². The van der Waals surface area contributed by atoms with Gasteiger partial charge in [-0.15, -0.1) is 5.10 Å². The first-order chi connectivity index (χ1) is 9.72. The minimum atomic E-state index is -4.67. The molecule has 10 nitrogen and oxygen atoms in total. The molecule has 0 atom stereocenters. The number of nitrogens with two attached hydrogens (primary N) is 2. The van der Waals surface area contributed by atoms with E-state index in [4.69, 9.17) is 38.5 Å². The summed E-state index contributed by atoms with van der Waals surface area (Å²) in [4.78, 5) is 0. The van der Waals surface area contributed by atoms with Gasteiger partial charge in [-0.25, -0.2) is 0 Å². The van der Waals surface area contributed by atoms with Crippen LogP contribution < -0.4 is 20.9 Å². The van der Waals surface area contributed by atoms with Gasteiger partial charge in [-0.2, -0.15) is 13.5 Å². The molecule has 0 heterocycles. The van der Waals surface area contributed by atoms with Gasteiger partial charge >= 0.3 is 10.4 Å². The molecule has 11 heteroatoms. The first-order valence-electron chi connectivity index (χ1n) is 5.29. The molecule has 1 aromatic carbocycles. The van der Waals surface area contributed by atoms with Crippen molar-refractivity contribution >= 4 is 22.6 Å². The predicted molar refractivity (Wildman–Crippen MR) is 77.0 cm³/mol. The first-order valence-corrected chi connectivity index (χ1v) is 6.69. The third-order valence-corrected chi connectivity index (χ3v) is 1.64. The smallest absolute Gasteiger partial charge is 0.394 e. The molecule has 0 radical (unpaired) electrons. The van der Waals surface area contributed by atoms with E-state index in [0.29, 0.717) is 6.61 Å². The van der Waals surface area contributed by atoms with Crippen LogP contribution in [0.15, 0.2) is 34.5 Å². The molecule has 0 bridgehead atoms. The van der Waals surface area contributed by atoms with Gasteiger partial charge in [-0.3, -0.25) is 9.11 Å². The van der Waals surface area contributed by atoms with Gasteiger partial charge in [0.1, 0.15) is 18.1 Å². The third-order valence-electron chi connectivity index (χ3n) is 1.64. The SMILES string of the molecule is COc1ccc(OCC=NN=C(N)N)cc1.O=S(=O)(O)O. The van der Waals surface area contributed by atoms with Crippen molar-refractivity contribution in [1.82, 2.24) is 0 Å². The molecular weight excluding hydrogens is 304 g/mol. The van der Waals surface area contributed by atoms with Crippen LogP contribution in [-0.4, -0.2) is 43.4 Å². The lowest BCUT2D eigenvalue weighted by molar-refractivity contribution is 0.377. The monoisotopic (exact) mass is 320 g/mol. The lowest BCUT2D eigenvalue weighted by Crippen LogP contribution is -2.21. The van der Waals surface area contributed by atoms with E-state index >= 15 is 0 Å². The summed E-state index contributed by atoms with van der Waals surface area (Å²) in [5.74, 6) is 1.42. The average molecular weight is 320 g/mol. The van der Waals surface area contributed by atoms with Gasteiger partial charge in [-0.1, -0.05) is 0 Å². The van der Waals surface area contributed by atoms with E-state index in [1.54, 1.807) is 19.2 Å². The summed E-state index contributed by atoms with van der Waals surface area (Å²) in [6.07, 6.45) is 1.46. The van der Waals surface area contributed by atoms with E-state index in [1.165, 1.54) is 6.21 Å². The van der Waals surface area contributed by atoms with Gasteiger partial charge in [0, 0.05) is 0 Å². The molecule has 0 unspecified atom stereocenters. The van der Waals surface area contributed by atoms with Gasteiger partial charge in [-0.05, 0) is 24.3 Å². The molecule has 21 heavy (non-hydrogen) atoms. The number of hydrogen-bond acceptors (Lipinski definition) is 6. The lowest BCUT2D eigenvalue weighted by Gasteiger charge is -2.03. The summed E-state index contributed by atoms with van der Waals surface area (Å²) in [7, 11) is -3.06. The van der Waals surface area contributed by atoms with Crippen LogP contribution in [0.25, 0.3) is 0 Å². The maximum absolute atomic E-state index is 8.74. The second-order valence-corrected chi connectivity index (χ2v) is 4.15. The summed E-state index contributed by atoms with van der Waals surface area (Å²) < 4.78 is 41.9. The topological polar surface area (TPSA) is 170 Å². The minimum Gasteiger partial charge on any atom is -0.497 e. The number of methoxy groups -OCH3 is 1. The molecule has 0 fully saturated rings. The second-order valence-electron chi connectivity index (χ2n) is 3.26. The zero-order valence-electron chi connectivity index (χ0n) is 11.1. The molecule has 0 saturated heterocycles. The molecule has 0 amide bonds. The van der Waals surface area contributed by atoms with Gasteiger partial charge < -0.3 is 20.9 Å². The van der Waals surface area contributed by atoms with Crippen LogP contribution in [0.5, 0.6) is 11.5 Å². The summed E-state index contributed by atoms with van der Waals surface area (Å²) in [6, 6.07) is 7.21. The van der Waals surface area contributed by atoms with Crippen molar-refractivity contribution in [2.45, 2.75) is 0 Å². The van der Waals surface area contributed by atoms with Crippen molar-refractivity contribution in [2.75, 3.05) is 13.7 Å². The van der Waals surface area contributed by atoms with Crippen LogP contribution in [0.1, 0.15) is 0 Å². The van der Waals surface area contributed by atoms with E-state index in [9.17, 15) is 0 Å². The standard InChI is InChI=1S/C10H14N4O2.H2O4S/c1-15-8-2-4-9(5-3-8)16-7-6-13-14-10(11)12;1-5(2,3)4/h2-6H,7H2,1H3,(H4,11,12,14);(H2,1,2,3,4). The van der Waals surface area contributed by atoms with Crippen LogP contribution in [-0.2, 0) is 10.4 Å². The number of nitrogens with zero attached hydrogens (tertiary/aromatic N) is 2. The Morgan fingerprint density at radius 3 is 2.14 bits per heavy atom. The average Bonchev–Trinajstić information content (AvgIpc) is 2.37. The number of benzene rings is 1. The first kappa shape index (κ1) is 18.6. The summed E-state index contributed by atoms with van der Waals surface area (Å²) >= 11 is 0. The molecule has 6 N–H and O–H groups in total. The van der Waals surface area contributed by atoms with Crippen molar-refractivity contribution < 1.29 is 27.0 Å². The third kappa shape index (κ3) is 13.9. The van der Waals surface area contributed by atoms with Crippen LogP contribution >= 0.6 is 0 Å². The number of hydrogen-bond donors (Lipinski definition) is 4. The summed E-state index contributed by atoms with van der Waals surface area (Å²) in [5.41, 5.74) is 10.2. The normalized spacial score (nSPS) is 10.4. The fourth-order valence-electron chi connectivity index (χ4n) is 0.946. The Hall–Kier alpha value is -2.37. The van der Waals surface area contributed by atoms with Crippen molar-refractivity contribution in [3.63, 3.8) is 0 Å². The van der Waals surface area contributed by atoms with Crippen LogP contribution in [0.2, 0.25) is 0 Å². The van der Waals surface area contributed by atoms with Gasteiger partial charge in [0.15, 0.2) is 0 Å². The minimum absolute atomic E-state index is 0.0827. The maximum atomic E-state index is 8.74. The maximum Gasteiger partial charge on any atom is 0.394 e. The fourth-order valence-corrected chi connectivity index (χ4v) is 0.946. The Labute approximate surface area is 121 Å². The number of ether oxygens (including phenoxy) is 2. The van der Waals surface area contributed by atoms with Crippen molar-refractivity contribution in [2.24, 2.45) is 21.7 Å². The number of guanidine groups is 1. The van der Waals surface area contributed by atoms with Crippen LogP contribution in [0.4, 0.5) is 0 Å². The summed E-state index contributed by atoms with van der Waals surface area (Å²) in [5, 5.41) is 7.01. The largest absolute Gasteiger partial charge is 0.497 e. The molecular formula is C10H16N4O6S. The van der Waals surface area contributed by atoms with E-state index < -0.39 is 10.4 Å². The second kappa shape index (κ2) is 9.52. The molecule has 0 spiro atoms. The van der Waals surface area contributed by atoms with E-state index in [0.717, 1.165) is 11.5 Å². The van der Waals surface area contributed by atoms with Crippen molar-refractivity contribution in [1.29, 1.82) is 0 Å². The molecule has 118 valence electrons. The van der Waals surface area contributed by atoms with Crippen molar-refractivity contribution in [3.05, 3.63) is 24.3 Å². The molecule has 1 aromatic rings. The molecule has 0 aromatic heterocycles. The fraction of sp³-hybridized carbons (Fsp3) is 0.200. The van der Waals surface area contributed by atoms with E-state index in [-0.39, 0.29) is 5.96 Å². The Kier molecular flexibility index (Phi) is 8.45.